The molecule has 0 fully saturated rings. The quantitative estimate of drug-likeness (QED) is 0.819. The number of hydrogen-bond donors (Lipinski definition) is 0. The van der Waals surface area contributed by atoms with E-state index in [1.54, 1.807) is 30.5 Å². The SMILES string of the molecule is Cc1ncccc1-c1ccccc1S(C)(=O)=O. The highest BCUT2D eigenvalue weighted by Crippen LogP contribution is 2.28. The number of benzene rings is 1. The fourth-order valence-corrected chi connectivity index (χ4v) is 2.68. The normalized spacial score (nSPS) is 11.4. The van der Waals surface area contributed by atoms with Crippen molar-refractivity contribution >= 4 is 9.84 Å². The van der Waals surface area contributed by atoms with Gasteiger partial charge in [0, 0.05) is 29.3 Å². The van der Waals surface area contributed by atoms with Gasteiger partial charge in [-0.15, -0.1) is 0 Å². The highest BCUT2D eigenvalue weighted by molar-refractivity contribution is 7.90. The van der Waals surface area contributed by atoms with Crippen LogP contribution in [-0.4, -0.2) is 19.7 Å². The lowest BCUT2D eigenvalue weighted by atomic mass is 10.0. The largest absolute Gasteiger partial charge is 0.261 e. The number of aromatic nitrogens is 1. The number of nitrogens with zero attached hydrogens (tertiary/aromatic N) is 1. The van der Waals surface area contributed by atoms with E-state index in [-0.39, 0.29) is 0 Å². The van der Waals surface area contributed by atoms with E-state index >= 15 is 0 Å². The van der Waals surface area contributed by atoms with Crippen LogP contribution < -0.4 is 0 Å². The van der Waals surface area contributed by atoms with Gasteiger partial charge in [-0.3, -0.25) is 4.98 Å². The molecule has 0 saturated heterocycles. The molecular formula is C13H13NO2S. The van der Waals surface area contributed by atoms with Gasteiger partial charge in [0.05, 0.1) is 4.90 Å². The van der Waals surface area contributed by atoms with Gasteiger partial charge in [0.25, 0.3) is 0 Å². The summed E-state index contributed by atoms with van der Waals surface area (Å²) in [5.41, 5.74) is 2.39. The number of rotatable bonds is 2. The molecule has 17 heavy (non-hydrogen) atoms. The molecule has 0 N–H and O–H groups in total. The predicted molar refractivity (Wildman–Crippen MR) is 67.5 cm³/mol. The molecule has 0 aliphatic carbocycles. The zero-order valence-electron chi connectivity index (χ0n) is 9.71. The fraction of sp³-hybridized carbons (Fsp3) is 0.154. The lowest BCUT2D eigenvalue weighted by Gasteiger charge is -2.09. The van der Waals surface area contributed by atoms with Crippen LogP contribution in [0.2, 0.25) is 0 Å². The molecule has 0 radical (unpaired) electrons. The molecular weight excluding hydrogens is 234 g/mol. The van der Waals surface area contributed by atoms with E-state index in [1.165, 1.54) is 6.26 Å². The van der Waals surface area contributed by atoms with Gasteiger partial charge in [0.1, 0.15) is 0 Å². The van der Waals surface area contributed by atoms with Crippen LogP contribution in [0.15, 0.2) is 47.5 Å². The molecule has 0 aliphatic heterocycles. The van der Waals surface area contributed by atoms with Crippen LogP contribution in [0.25, 0.3) is 11.1 Å². The van der Waals surface area contributed by atoms with Gasteiger partial charge in [-0.1, -0.05) is 24.3 Å². The lowest BCUT2D eigenvalue weighted by Crippen LogP contribution is -2.00. The van der Waals surface area contributed by atoms with Crippen LogP contribution in [0, 0.1) is 6.92 Å². The zero-order valence-corrected chi connectivity index (χ0v) is 10.5. The van der Waals surface area contributed by atoms with Gasteiger partial charge < -0.3 is 0 Å². The van der Waals surface area contributed by atoms with Crippen LogP contribution in [0.1, 0.15) is 5.69 Å². The molecule has 0 spiro atoms. The maximum Gasteiger partial charge on any atom is 0.176 e. The third-order valence-electron chi connectivity index (χ3n) is 2.58. The first kappa shape index (κ1) is 11.8. The van der Waals surface area contributed by atoms with Gasteiger partial charge in [-0.05, 0) is 19.1 Å². The summed E-state index contributed by atoms with van der Waals surface area (Å²) in [5, 5.41) is 0. The van der Waals surface area contributed by atoms with Crippen molar-refractivity contribution in [2.75, 3.05) is 6.26 Å². The third kappa shape index (κ3) is 2.36. The molecule has 3 nitrogen and oxygen atoms in total. The maximum absolute atomic E-state index is 11.7. The van der Waals surface area contributed by atoms with E-state index in [2.05, 4.69) is 4.98 Å². The number of sulfone groups is 1. The predicted octanol–water partition coefficient (Wildman–Crippen LogP) is 2.46. The lowest BCUT2D eigenvalue weighted by molar-refractivity contribution is 0.602. The summed E-state index contributed by atoms with van der Waals surface area (Å²) in [6.07, 6.45) is 2.92. The average molecular weight is 247 g/mol. The number of aryl methyl sites for hydroxylation is 1. The highest BCUT2D eigenvalue weighted by atomic mass is 32.2. The number of pyridine rings is 1. The molecule has 1 heterocycles. The topological polar surface area (TPSA) is 47.0 Å². The summed E-state index contributed by atoms with van der Waals surface area (Å²) in [6, 6.07) is 10.7. The zero-order chi connectivity index (χ0) is 12.5. The van der Waals surface area contributed by atoms with Crippen molar-refractivity contribution in [2.24, 2.45) is 0 Å². The second kappa shape index (κ2) is 4.30. The first-order valence-corrected chi connectivity index (χ1v) is 7.10. The van der Waals surface area contributed by atoms with E-state index in [4.69, 9.17) is 0 Å². The summed E-state index contributed by atoms with van der Waals surface area (Å²) in [5.74, 6) is 0. The summed E-state index contributed by atoms with van der Waals surface area (Å²) in [6.45, 7) is 1.87. The van der Waals surface area contributed by atoms with Gasteiger partial charge >= 0.3 is 0 Å². The Labute approximate surface area is 101 Å². The summed E-state index contributed by atoms with van der Waals surface area (Å²) >= 11 is 0. The molecule has 0 bridgehead atoms. The van der Waals surface area contributed by atoms with E-state index in [0.29, 0.717) is 10.5 Å². The monoisotopic (exact) mass is 247 g/mol. The van der Waals surface area contributed by atoms with Crippen molar-refractivity contribution in [3.63, 3.8) is 0 Å². The van der Waals surface area contributed by atoms with Crippen LogP contribution in [0.3, 0.4) is 0 Å². The van der Waals surface area contributed by atoms with Crippen molar-refractivity contribution in [3.8, 4) is 11.1 Å². The molecule has 4 heteroatoms. The Hall–Kier alpha value is -1.68. The Morgan fingerprint density at radius 3 is 2.29 bits per heavy atom. The Kier molecular flexibility index (Phi) is 2.98. The van der Waals surface area contributed by atoms with Gasteiger partial charge in [-0.25, -0.2) is 8.42 Å². The minimum Gasteiger partial charge on any atom is -0.261 e. The molecule has 0 saturated carbocycles. The average Bonchev–Trinajstić information content (AvgIpc) is 2.28. The second-order valence-electron chi connectivity index (χ2n) is 3.90. The van der Waals surface area contributed by atoms with Crippen molar-refractivity contribution in [3.05, 3.63) is 48.3 Å². The first-order valence-electron chi connectivity index (χ1n) is 5.21. The molecule has 0 aliphatic rings. The molecule has 0 unspecified atom stereocenters. The number of hydrogen-bond acceptors (Lipinski definition) is 3. The molecule has 0 atom stereocenters. The highest BCUT2D eigenvalue weighted by Gasteiger charge is 2.14. The summed E-state index contributed by atoms with van der Waals surface area (Å²) in [4.78, 5) is 4.53. The molecule has 0 amide bonds. The molecule has 2 aromatic rings. The Morgan fingerprint density at radius 2 is 1.65 bits per heavy atom. The van der Waals surface area contributed by atoms with Gasteiger partial charge in [-0.2, -0.15) is 0 Å². The minimum absolute atomic E-state index is 0.344. The molecule has 1 aromatic carbocycles. The summed E-state index contributed by atoms with van der Waals surface area (Å²) < 4.78 is 23.4. The first-order chi connectivity index (χ1) is 8.00. The third-order valence-corrected chi connectivity index (χ3v) is 3.74. The minimum atomic E-state index is -3.23. The fourth-order valence-electron chi connectivity index (χ4n) is 1.78. The van der Waals surface area contributed by atoms with Crippen LogP contribution in [0.5, 0.6) is 0 Å². The maximum atomic E-state index is 11.7. The Morgan fingerprint density at radius 1 is 1.00 bits per heavy atom. The van der Waals surface area contributed by atoms with E-state index in [1.807, 2.05) is 19.1 Å². The van der Waals surface area contributed by atoms with E-state index in [0.717, 1.165) is 11.3 Å². The van der Waals surface area contributed by atoms with Gasteiger partial charge in [0.2, 0.25) is 0 Å². The van der Waals surface area contributed by atoms with Crippen molar-refractivity contribution in [2.45, 2.75) is 11.8 Å². The van der Waals surface area contributed by atoms with E-state index in [9.17, 15) is 8.42 Å². The standard InChI is InChI=1S/C13H13NO2S/c1-10-11(7-5-9-14-10)12-6-3-4-8-13(12)17(2,15)16/h3-9H,1-2H3. The second-order valence-corrected chi connectivity index (χ2v) is 5.89. The van der Waals surface area contributed by atoms with Crippen molar-refractivity contribution in [1.82, 2.24) is 4.98 Å². The van der Waals surface area contributed by atoms with Gasteiger partial charge in [0.15, 0.2) is 9.84 Å². The Balaban J connectivity index is 2.74. The van der Waals surface area contributed by atoms with Crippen molar-refractivity contribution < 1.29 is 8.42 Å². The van der Waals surface area contributed by atoms with Crippen molar-refractivity contribution in [1.29, 1.82) is 0 Å². The van der Waals surface area contributed by atoms with Crippen LogP contribution >= 0.6 is 0 Å². The molecule has 2 rings (SSSR count). The van der Waals surface area contributed by atoms with Crippen LogP contribution in [-0.2, 0) is 9.84 Å². The Bertz CT molecular complexity index is 648. The summed E-state index contributed by atoms with van der Waals surface area (Å²) in [7, 11) is -3.23. The smallest absolute Gasteiger partial charge is 0.176 e. The molecule has 1 aromatic heterocycles. The van der Waals surface area contributed by atoms with Crippen LogP contribution in [0.4, 0.5) is 0 Å². The molecule has 88 valence electrons. The van der Waals surface area contributed by atoms with E-state index < -0.39 is 9.84 Å².